The van der Waals surface area contributed by atoms with Crippen molar-refractivity contribution in [1.29, 1.82) is 0 Å². The van der Waals surface area contributed by atoms with Gasteiger partial charge < -0.3 is 5.32 Å². The van der Waals surface area contributed by atoms with Crippen molar-refractivity contribution >= 4 is 0 Å². The van der Waals surface area contributed by atoms with E-state index in [1.807, 2.05) is 0 Å². The molecule has 0 aromatic rings. The van der Waals surface area contributed by atoms with Gasteiger partial charge in [0.2, 0.25) is 0 Å². The van der Waals surface area contributed by atoms with Crippen LogP contribution in [0.5, 0.6) is 0 Å². The summed E-state index contributed by atoms with van der Waals surface area (Å²) in [5.41, 5.74) is 0. The molecule has 0 aliphatic heterocycles. The second-order valence-electron chi connectivity index (χ2n) is 6.31. The van der Waals surface area contributed by atoms with E-state index in [9.17, 15) is 0 Å². The van der Waals surface area contributed by atoms with E-state index in [-0.39, 0.29) is 0 Å². The Labute approximate surface area is 108 Å². The normalized spacial score (nSPS) is 39.9. The minimum atomic E-state index is 0.814. The molecule has 0 amide bonds. The Morgan fingerprint density at radius 1 is 0.824 bits per heavy atom. The highest BCUT2D eigenvalue weighted by atomic mass is 14.9. The quantitative estimate of drug-likeness (QED) is 0.719. The van der Waals surface area contributed by atoms with Gasteiger partial charge in [-0.15, -0.1) is 0 Å². The molecule has 100 valence electrons. The number of hydrogen-bond acceptors (Lipinski definition) is 1. The first-order chi connectivity index (χ1) is 8.36. The molecule has 2 aliphatic carbocycles. The van der Waals surface area contributed by atoms with Crippen LogP contribution >= 0.6 is 0 Å². The lowest BCUT2D eigenvalue weighted by Crippen LogP contribution is -2.40. The highest BCUT2D eigenvalue weighted by molar-refractivity contribution is 4.88. The monoisotopic (exact) mass is 237 g/mol. The fourth-order valence-electron chi connectivity index (χ4n) is 4.51. The van der Waals surface area contributed by atoms with Gasteiger partial charge >= 0.3 is 0 Å². The highest BCUT2D eigenvalue weighted by Crippen LogP contribution is 2.42. The Morgan fingerprint density at radius 2 is 1.47 bits per heavy atom. The molecule has 4 atom stereocenters. The second kappa shape index (κ2) is 6.78. The summed E-state index contributed by atoms with van der Waals surface area (Å²) in [6.07, 6.45) is 14.7. The van der Waals surface area contributed by atoms with Crippen molar-refractivity contribution in [2.45, 2.75) is 77.2 Å². The molecule has 2 aliphatic rings. The maximum atomic E-state index is 3.64. The minimum absolute atomic E-state index is 0.814. The summed E-state index contributed by atoms with van der Waals surface area (Å²) < 4.78 is 0. The molecular weight excluding hydrogens is 206 g/mol. The van der Waals surface area contributed by atoms with Crippen LogP contribution in [0.25, 0.3) is 0 Å². The van der Waals surface area contributed by atoms with Gasteiger partial charge in [0.25, 0.3) is 0 Å². The van der Waals surface area contributed by atoms with Gasteiger partial charge in [0.15, 0.2) is 0 Å². The molecular formula is C16H31N. The van der Waals surface area contributed by atoms with Crippen LogP contribution in [0.3, 0.4) is 0 Å². The van der Waals surface area contributed by atoms with Crippen LogP contribution in [-0.2, 0) is 0 Å². The summed E-state index contributed by atoms with van der Waals surface area (Å²) in [5, 5.41) is 3.64. The number of hydrogen-bond donors (Lipinski definition) is 1. The summed E-state index contributed by atoms with van der Waals surface area (Å²) in [5.74, 6) is 3.04. The standard InChI is InChI=1S/C16H31N/c1-3-13-9-7-8-10-14(13)15-11-5-4-6-12-16(15)17-2/h13-17H,3-12H2,1-2H3. The van der Waals surface area contributed by atoms with E-state index in [0.29, 0.717) is 0 Å². The Hall–Kier alpha value is -0.0400. The van der Waals surface area contributed by atoms with Crippen LogP contribution in [0.4, 0.5) is 0 Å². The average molecular weight is 237 g/mol. The van der Waals surface area contributed by atoms with Gasteiger partial charge in [0, 0.05) is 6.04 Å². The van der Waals surface area contributed by atoms with Crippen LogP contribution in [-0.4, -0.2) is 13.1 Å². The lowest BCUT2D eigenvalue weighted by atomic mass is 9.68. The molecule has 0 saturated heterocycles. The summed E-state index contributed by atoms with van der Waals surface area (Å²) in [7, 11) is 2.19. The van der Waals surface area contributed by atoms with Crippen LogP contribution < -0.4 is 5.32 Å². The van der Waals surface area contributed by atoms with E-state index in [1.54, 1.807) is 0 Å². The molecule has 2 fully saturated rings. The van der Waals surface area contributed by atoms with E-state index in [4.69, 9.17) is 0 Å². The SMILES string of the molecule is CCC1CCCCC1C1CCCCCC1NC. The molecule has 0 heterocycles. The van der Waals surface area contributed by atoms with Crippen LogP contribution in [0.2, 0.25) is 0 Å². The third-order valence-corrected chi connectivity index (χ3v) is 5.48. The fourth-order valence-corrected chi connectivity index (χ4v) is 4.51. The van der Waals surface area contributed by atoms with E-state index in [2.05, 4.69) is 19.3 Å². The van der Waals surface area contributed by atoms with Crippen LogP contribution in [0.1, 0.15) is 71.1 Å². The summed E-state index contributed by atoms with van der Waals surface area (Å²) in [4.78, 5) is 0. The van der Waals surface area contributed by atoms with E-state index < -0.39 is 0 Å². The molecule has 17 heavy (non-hydrogen) atoms. The molecule has 2 rings (SSSR count). The van der Waals surface area contributed by atoms with Crippen molar-refractivity contribution in [1.82, 2.24) is 5.32 Å². The Bertz CT molecular complexity index is 214. The predicted octanol–water partition coefficient (Wildman–Crippen LogP) is 4.37. The molecule has 2 saturated carbocycles. The maximum absolute atomic E-state index is 3.64. The molecule has 1 nitrogen and oxygen atoms in total. The van der Waals surface area contributed by atoms with Gasteiger partial charge in [-0.05, 0) is 44.1 Å². The lowest BCUT2D eigenvalue weighted by Gasteiger charge is -2.40. The van der Waals surface area contributed by atoms with Crippen molar-refractivity contribution in [3.05, 3.63) is 0 Å². The fraction of sp³-hybridized carbons (Fsp3) is 1.00. The van der Waals surface area contributed by atoms with E-state index in [0.717, 1.165) is 23.8 Å². The first-order valence-electron chi connectivity index (χ1n) is 8.04. The second-order valence-corrected chi connectivity index (χ2v) is 6.31. The van der Waals surface area contributed by atoms with Gasteiger partial charge in [0.1, 0.15) is 0 Å². The largest absolute Gasteiger partial charge is 0.317 e. The van der Waals surface area contributed by atoms with Gasteiger partial charge in [-0.1, -0.05) is 51.9 Å². The zero-order valence-corrected chi connectivity index (χ0v) is 11.9. The molecule has 0 aromatic heterocycles. The molecule has 0 aromatic carbocycles. The van der Waals surface area contributed by atoms with Crippen LogP contribution in [0, 0.1) is 17.8 Å². The molecule has 4 unspecified atom stereocenters. The first-order valence-corrected chi connectivity index (χ1v) is 8.04. The van der Waals surface area contributed by atoms with Crippen molar-refractivity contribution in [3.8, 4) is 0 Å². The minimum Gasteiger partial charge on any atom is -0.317 e. The van der Waals surface area contributed by atoms with Crippen molar-refractivity contribution in [2.24, 2.45) is 17.8 Å². The third-order valence-electron chi connectivity index (χ3n) is 5.48. The Morgan fingerprint density at radius 3 is 2.24 bits per heavy atom. The summed E-state index contributed by atoms with van der Waals surface area (Å²) in [6.45, 7) is 2.41. The highest BCUT2D eigenvalue weighted by Gasteiger charge is 2.35. The van der Waals surface area contributed by atoms with Gasteiger partial charge in [-0.2, -0.15) is 0 Å². The van der Waals surface area contributed by atoms with Crippen molar-refractivity contribution in [3.63, 3.8) is 0 Å². The van der Waals surface area contributed by atoms with Gasteiger partial charge in [0.05, 0.1) is 0 Å². The maximum Gasteiger partial charge on any atom is 0.00950 e. The van der Waals surface area contributed by atoms with Gasteiger partial charge in [-0.25, -0.2) is 0 Å². The van der Waals surface area contributed by atoms with Crippen molar-refractivity contribution < 1.29 is 0 Å². The molecule has 1 heteroatoms. The Kier molecular flexibility index (Phi) is 5.34. The Balaban J connectivity index is 2.04. The summed E-state index contributed by atoms with van der Waals surface area (Å²) >= 11 is 0. The van der Waals surface area contributed by atoms with E-state index in [1.165, 1.54) is 64.2 Å². The summed E-state index contributed by atoms with van der Waals surface area (Å²) in [6, 6.07) is 0.814. The number of nitrogens with one attached hydrogen (secondary N) is 1. The molecule has 1 N–H and O–H groups in total. The topological polar surface area (TPSA) is 12.0 Å². The number of rotatable bonds is 3. The molecule has 0 spiro atoms. The van der Waals surface area contributed by atoms with E-state index >= 15 is 0 Å². The molecule has 0 bridgehead atoms. The zero-order valence-electron chi connectivity index (χ0n) is 11.9. The predicted molar refractivity (Wildman–Crippen MR) is 75.2 cm³/mol. The molecule has 0 radical (unpaired) electrons. The zero-order chi connectivity index (χ0) is 12.1. The van der Waals surface area contributed by atoms with Crippen molar-refractivity contribution in [2.75, 3.05) is 7.05 Å². The third kappa shape index (κ3) is 3.24. The van der Waals surface area contributed by atoms with Crippen LogP contribution in [0.15, 0.2) is 0 Å². The smallest absolute Gasteiger partial charge is 0.00950 e. The lowest BCUT2D eigenvalue weighted by molar-refractivity contribution is 0.121. The van der Waals surface area contributed by atoms with Gasteiger partial charge in [-0.3, -0.25) is 0 Å². The average Bonchev–Trinajstić information content (AvgIpc) is 2.63. The first kappa shape index (κ1) is 13.4.